The molecule has 0 aliphatic heterocycles. The molecule has 0 bridgehead atoms. The number of carbonyl (C=O) groups is 1. The molecule has 3 nitrogen and oxygen atoms in total. The fourth-order valence-electron chi connectivity index (χ4n) is 2.79. The first-order chi connectivity index (χ1) is 7.68. The predicted octanol–water partition coefficient (Wildman–Crippen LogP) is 3.52. The molecule has 1 fully saturated rings. The van der Waals surface area contributed by atoms with Gasteiger partial charge in [0.25, 0.3) is 0 Å². The molecule has 1 aliphatic carbocycles. The van der Waals surface area contributed by atoms with Crippen molar-refractivity contribution in [3.8, 4) is 0 Å². The molecule has 1 N–H and O–H groups in total. The van der Waals surface area contributed by atoms with Gasteiger partial charge < -0.3 is 9.67 Å². The van der Waals surface area contributed by atoms with Gasteiger partial charge in [-0.2, -0.15) is 0 Å². The Labute approximate surface area is 106 Å². The van der Waals surface area contributed by atoms with Crippen molar-refractivity contribution < 1.29 is 9.90 Å². The van der Waals surface area contributed by atoms with E-state index < -0.39 is 5.97 Å². The molecule has 0 saturated heterocycles. The van der Waals surface area contributed by atoms with Crippen LogP contribution in [0.4, 0.5) is 0 Å². The van der Waals surface area contributed by atoms with Crippen LogP contribution in [0.15, 0.2) is 12.3 Å². The largest absolute Gasteiger partial charge is 0.477 e. The molecule has 1 aromatic rings. The van der Waals surface area contributed by atoms with Gasteiger partial charge in [0, 0.05) is 12.7 Å². The van der Waals surface area contributed by atoms with Gasteiger partial charge in [-0.05, 0) is 22.8 Å². The van der Waals surface area contributed by atoms with Crippen molar-refractivity contribution in [2.75, 3.05) is 0 Å². The molecule has 1 saturated carbocycles. The van der Waals surface area contributed by atoms with E-state index in [2.05, 4.69) is 27.7 Å². The highest BCUT2D eigenvalue weighted by Crippen LogP contribution is 2.68. The Hall–Kier alpha value is -0.960. The second-order valence-corrected chi connectivity index (χ2v) is 6.43. The standard InChI is InChI=1S/C13H18ClNO2/c1-12(2)10(13(12,3)4)7-15-6-8(14)5-9(15)11(16)17/h5-6,10H,7H2,1-4H3,(H,16,17). The zero-order valence-corrected chi connectivity index (χ0v) is 11.4. The summed E-state index contributed by atoms with van der Waals surface area (Å²) < 4.78 is 1.76. The first kappa shape index (κ1) is 12.5. The summed E-state index contributed by atoms with van der Waals surface area (Å²) in [5.74, 6) is -0.440. The fourth-order valence-corrected chi connectivity index (χ4v) is 3.01. The van der Waals surface area contributed by atoms with Crippen LogP contribution in [0.2, 0.25) is 5.02 Å². The summed E-state index contributed by atoms with van der Waals surface area (Å²) in [5.41, 5.74) is 0.771. The number of carboxylic acid groups (broad SMARTS) is 1. The van der Waals surface area contributed by atoms with Crippen LogP contribution in [-0.2, 0) is 6.54 Å². The van der Waals surface area contributed by atoms with Crippen molar-refractivity contribution in [2.45, 2.75) is 34.2 Å². The average Bonchev–Trinajstić information content (AvgIpc) is 2.51. The van der Waals surface area contributed by atoms with Crippen LogP contribution >= 0.6 is 11.6 Å². The monoisotopic (exact) mass is 255 g/mol. The lowest BCUT2D eigenvalue weighted by atomic mass is 10.0. The summed E-state index contributed by atoms with van der Waals surface area (Å²) in [7, 11) is 0. The van der Waals surface area contributed by atoms with Crippen LogP contribution in [0.1, 0.15) is 38.2 Å². The van der Waals surface area contributed by atoms with Gasteiger partial charge >= 0.3 is 5.97 Å². The van der Waals surface area contributed by atoms with E-state index in [1.807, 2.05) is 0 Å². The molecular weight excluding hydrogens is 238 g/mol. The Morgan fingerprint density at radius 1 is 1.41 bits per heavy atom. The van der Waals surface area contributed by atoms with Crippen LogP contribution in [-0.4, -0.2) is 15.6 Å². The molecule has 1 aromatic heterocycles. The van der Waals surface area contributed by atoms with E-state index in [4.69, 9.17) is 16.7 Å². The predicted molar refractivity (Wildman–Crippen MR) is 67.5 cm³/mol. The van der Waals surface area contributed by atoms with E-state index in [0.29, 0.717) is 17.5 Å². The zero-order chi connectivity index (χ0) is 13.0. The van der Waals surface area contributed by atoms with E-state index in [0.717, 1.165) is 0 Å². The maximum absolute atomic E-state index is 11.1. The number of aromatic nitrogens is 1. The van der Waals surface area contributed by atoms with E-state index >= 15 is 0 Å². The van der Waals surface area contributed by atoms with Crippen LogP contribution in [0.3, 0.4) is 0 Å². The smallest absolute Gasteiger partial charge is 0.352 e. The third-order valence-electron chi connectivity index (χ3n) is 4.78. The first-order valence-corrected chi connectivity index (χ1v) is 6.14. The highest BCUT2D eigenvalue weighted by atomic mass is 35.5. The SMILES string of the molecule is CC1(C)C(Cn2cc(Cl)cc2C(=O)O)C1(C)C. The Morgan fingerprint density at radius 3 is 2.35 bits per heavy atom. The highest BCUT2D eigenvalue weighted by molar-refractivity contribution is 6.30. The number of carboxylic acids is 1. The molecule has 0 atom stereocenters. The van der Waals surface area contributed by atoms with Crippen LogP contribution < -0.4 is 0 Å². The van der Waals surface area contributed by atoms with Crippen molar-refractivity contribution in [3.63, 3.8) is 0 Å². The number of aromatic carboxylic acids is 1. The zero-order valence-electron chi connectivity index (χ0n) is 10.6. The van der Waals surface area contributed by atoms with E-state index in [1.54, 1.807) is 10.8 Å². The Morgan fingerprint density at radius 2 is 1.94 bits per heavy atom. The average molecular weight is 256 g/mol. The number of rotatable bonds is 3. The Balaban J connectivity index is 2.24. The molecule has 0 spiro atoms. The summed E-state index contributed by atoms with van der Waals surface area (Å²) in [6, 6.07) is 1.51. The molecule has 1 heterocycles. The maximum atomic E-state index is 11.1. The van der Waals surface area contributed by atoms with Crippen molar-refractivity contribution in [3.05, 3.63) is 23.0 Å². The van der Waals surface area contributed by atoms with E-state index in [-0.39, 0.29) is 16.5 Å². The minimum Gasteiger partial charge on any atom is -0.477 e. The van der Waals surface area contributed by atoms with Crippen LogP contribution in [0, 0.1) is 16.7 Å². The lowest BCUT2D eigenvalue weighted by molar-refractivity contribution is 0.0684. The van der Waals surface area contributed by atoms with Gasteiger partial charge in [0.1, 0.15) is 5.69 Å². The third-order valence-corrected chi connectivity index (χ3v) is 4.99. The van der Waals surface area contributed by atoms with Crippen molar-refractivity contribution in [1.82, 2.24) is 4.57 Å². The summed E-state index contributed by atoms with van der Waals surface area (Å²) in [4.78, 5) is 11.1. The fraction of sp³-hybridized carbons (Fsp3) is 0.615. The van der Waals surface area contributed by atoms with Crippen LogP contribution in [0.5, 0.6) is 0 Å². The summed E-state index contributed by atoms with van der Waals surface area (Å²) in [6.07, 6.45) is 1.70. The highest BCUT2D eigenvalue weighted by Gasteiger charge is 2.64. The Bertz CT molecular complexity index is 460. The normalized spacial score (nSPS) is 21.5. The number of halogens is 1. The van der Waals surface area contributed by atoms with E-state index in [9.17, 15) is 4.79 Å². The topological polar surface area (TPSA) is 42.2 Å². The number of nitrogens with zero attached hydrogens (tertiary/aromatic N) is 1. The van der Waals surface area contributed by atoms with Crippen molar-refractivity contribution in [1.29, 1.82) is 0 Å². The van der Waals surface area contributed by atoms with Crippen molar-refractivity contribution >= 4 is 17.6 Å². The minimum atomic E-state index is -0.923. The molecule has 0 radical (unpaired) electrons. The van der Waals surface area contributed by atoms with E-state index in [1.165, 1.54) is 6.07 Å². The number of hydrogen-bond acceptors (Lipinski definition) is 1. The summed E-state index contributed by atoms with van der Waals surface area (Å²) >= 11 is 5.87. The summed E-state index contributed by atoms with van der Waals surface area (Å²) in [6.45, 7) is 9.62. The quantitative estimate of drug-likeness (QED) is 0.898. The van der Waals surface area contributed by atoms with Crippen LogP contribution in [0.25, 0.3) is 0 Å². The Kier molecular flexibility index (Phi) is 2.58. The molecule has 0 aromatic carbocycles. The second kappa shape index (κ2) is 3.52. The molecular formula is C13H18ClNO2. The lowest BCUT2D eigenvalue weighted by Gasteiger charge is -2.07. The second-order valence-electron chi connectivity index (χ2n) is 6.00. The molecule has 2 rings (SSSR count). The molecule has 0 amide bonds. The van der Waals surface area contributed by atoms with Gasteiger partial charge in [-0.1, -0.05) is 39.3 Å². The molecule has 4 heteroatoms. The van der Waals surface area contributed by atoms with Gasteiger partial charge in [0.05, 0.1) is 5.02 Å². The molecule has 1 aliphatic rings. The van der Waals surface area contributed by atoms with Crippen molar-refractivity contribution in [2.24, 2.45) is 16.7 Å². The first-order valence-electron chi connectivity index (χ1n) is 5.77. The third kappa shape index (κ3) is 1.77. The number of hydrogen-bond donors (Lipinski definition) is 1. The molecule has 94 valence electrons. The van der Waals surface area contributed by atoms with Gasteiger partial charge in [-0.15, -0.1) is 0 Å². The lowest BCUT2D eigenvalue weighted by Crippen LogP contribution is -2.10. The van der Waals surface area contributed by atoms with Gasteiger partial charge in [-0.3, -0.25) is 0 Å². The molecule has 0 unspecified atom stereocenters. The molecule has 17 heavy (non-hydrogen) atoms. The maximum Gasteiger partial charge on any atom is 0.352 e. The van der Waals surface area contributed by atoms with Gasteiger partial charge in [0.2, 0.25) is 0 Å². The minimum absolute atomic E-state index is 0.250. The van der Waals surface area contributed by atoms with Gasteiger partial charge in [0.15, 0.2) is 0 Å². The summed E-state index contributed by atoms with van der Waals surface area (Å²) in [5, 5.41) is 9.58. The van der Waals surface area contributed by atoms with Gasteiger partial charge in [-0.25, -0.2) is 4.79 Å².